The number of phenolic OH excluding ortho intramolecular Hbond substituents is 2. The minimum atomic E-state index is -0.143. The van der Waals surface area contributed by atoms with E-state index < -0.39 is 0 Å². The van der Waals surface area contributed by atoms with Crippen LogP contribution in [0.15, 0.2) is 18.2 Å². The fourth-order valence-corrected chi connectivity index (χ4v) is 1.86. The number of phenols is 2. The van der Waals surface area contributed by atoms with E-state index >= 15 is 0 Å². The Balaban J connectivity index is 0.00000112. The third-order valence-corrected chi connectivity index (χ3v) is 3.03. The first-order chi connectivity index (χ1) is 6.68. The lowest BCUT2D eigenvalue weighted by atomic mass is 9.77. The lowest BCUT2D eigenvalue weighted by molar-refractivity contribution is 0.260. The molecule has 0 spiro atoms. The van der Waals surface area contributed by atoms with Crippen LogP contribution in [-0.2, 0) is 0 Å². The Bertz CT molecular complexity index is 339. The van der Waals surface area contributed by atoms with Gasteiger partial charge >= 0.3 is 0 Å². The van der Waals surface area contributed by atoms with Crippen molar-refractivity contribution in [3.8, 4) is 11.5 Å². The maximum atomic E-state index is 9.58. The summed E-state index contributed by atoms with van der Waals surface area (Å²) in [5, 5.41) is 18.9. The van der Waals surface area contributed by atoms with E-state index in [1.54, 1.807) is 6.07 Å². The first-order valence-electron chi connectivity index (χ1n) is 4.96. The van der Waals surface area contributed by atoms with Gasteiger partial charge in [-0.2, -0.15) is 0 Å². The van der Waals surface area contributed by atoms with Crippen LogP contribution in [0.25, 0.3) is 0 Å². The molecule has 1 aromatic rings. The van der Waals surface area contributed by atoms with Crippen molar-refractivity contribution >= 4 is 12.4 Å². The molecule has 15 heavy (non-hydrogen) atoms. The van der Waals surface area contributed by atoms with Gasteiger partial charge in [-0.1, -0.05) is 6.42 Å². The zero-order valence-electron chi connectivity index (χ0n) is 8.39. The smallest absolute Gasteiger partial charge is 0.120 e. The molecule has 84 valence electrons. The molecule has 1 atom stereocenters. The average Bonchev–Trinajstić information content (AvgIpc) is 2.06. The molecule has 0 unspecified atom stereocenters. The monoisotopic (exact) mass is 229 g/mol. The van der Waals surface area contributed by atoms with Crippen molar-refractivity contribution in [2.45, 2.75) is 25.3 Å². The molecule has 0 amide bonds. The molecule has 1 aliphatic rings. The standard InChI is InChI=1S/C11H15NO2.ClH/c12-11(7-2-1-3-7)9-6-8(13)4-5-10(9)14;/h4-7,11,13-14H,1-3,12H2;1H/t11-;/m0./s1. The quantitative estimate of drug-likeness (QED) is 0.682. The van der Waals surface area contributed by atoms with Crippen molar-refractivity contribution in [1.29, 1.82) is 0 Å². The number of aromatic hydroxyl groups is 2. The summed E-state index contributed by atoms with van der Waals surface area (Å²) in [5.74, 6) is 0.803. The number of rotatable bonds is 2. The Morgan fingerprint density at radius 3 is 2.47 bits per heavy atom. The second kappa shape index (κ2) is 4.73. The van der Waals surface area contributed by atoms with Gasteiger partial charge in [0.15, 0.2) is 0 Å². The number of benzene rings is 1. The molecule has 2 rings (SSSR count). The summed E-state index contributed by atoms with van der Waals surface area (Å²) in [6.45, 7) is 0. The Hall–Kier alpha value is -0.930. The summed E-state index contributed by atoms with van der Waals surface area (Å²) < 4.78 is 0. The minimum absolute atomic E-state index is 0. The fraction of sp³-hybridized carbons (Fsp3) is 0.455. The van der Waals surface area contributed by atoms with Crippen molar-refractivity contribution in [3.05, 3.63) is 23.8 Å². The lowest BCUT2D eigenvalue weighted by Crippen LogP contribution is -2.26. The minimum Gasteiger partial charge on any atom is -0.508 e. The van der Waals surface area contributed by atoms with Crippen molar-refractivity contribution in [1.82, 2.24) is 0 Å². The van der Waals surface area contributed by atoms with Gasteiger partial charge in [-0.25, -0.2) is 0 Å². The molecule has 4 N–H and O–H groups in total. The molecule has 0 saturated heterocycles. The van der Waals surface area contributed by atoms with Crippen LogP contribution in [0.3, 0.4) is 0 Å². The normalized spacial score (nSPS) is 17.7. The third-order valence-electron chi connectivity index (χ3n) is 3.03. The number of hydrogen-bond donors (Lipinski definition) is 3. The van der Waals surface area contributed by atoms with Gasteiger partial charge in [0.1, 0.15) is 11.5 Å². The molecule has 1 aliphatic carbocycles. The van der Waals surface area contributed by atoms with E-state index in [0.29, 0.717) is 11.5 Å². The van der Waals surface area contributed by atoms with Crippen molar-refractivity contribution in [2.75, 3.05) is 0 Å². The van der Waals surface area contributed by atoms with Gasteiger partial charge in [0.25, 0.3) is 0 Å². The van der Waals surface area contributed by atoms with Crippen molar-refractivity contribution in [2.24, 2.45) is 11.7 Å². The summed E-state index contributed by atoms with van der Waals surface area (Å²) in [4.78, 5) is 0. The first kappa shape index (κ1) is 12.1. The number of hydrogen-bond acceptors (Lipinski definition) is 3. The molecular formula is C11H16ClNO2. The zero-order valence-corrected chi connectivity index (χ0v) is 9.20. The molecule has 0 aliphatic heterocycles. The lowest BCUT2D eigenvalue weighted by Gasteiger charge is -2.31. The highest BCUT2D eigenvalue weighted by Crippen LogP contribution is 2.39. The second-order valence-corrected chi connectivity index (χ2v) is 3.96. The maximum absolute atomic E-state index is 9.58. The molecule has 0 heterocycles. The van der Waals surface area contributed by atoms with E-state index in [0.717, 1.165) is 12.8 Å². The van der Waals surface area contributed by atoms with Crippen LogP contribution in [0.2, 0.25) is 0 Å². The van der Waals surface area contributed by atoms with Crippen LogP contribution in [0.5, 0.6) is 11.5 Å². The van der Waals surface area contributed by atoms with Crippen LogP contribution >= 0.6 is 12.4 Å². The SMILES string of the molecule is Cl.N[C@H](c1cc(O)ccc1O)C1CCC1. The molecule has 4 heteroatoms. The Morgan fingerprint density at radius 1 is 1.27 bits per heavy atom. The van der Waals surface area contributed by atoms with E-state index in [-0.39, 0.29) is 29.9 Å². The topological polar surface area (TPSA) is 66.5 Å². The van der Waals surface area contributed by atoms with Gasteiger partial charge in [-0.05, 0) is 37.0 Å². The molecule has 0 radical (unpaired) electrons. The summed E-state index contributed by atoms with van der Waals surface area (Å²) in [6, 6.07) is 4.37. The van der Waals surface area contributed by atoms with Gasteiger partial charge in [0.05, 0.1) is 0 Å². The molecule has 1 saturated carbocycles. The average molecular weight is 230 g/mol. The summed E-state index contributed by atoms with van der Waals surface area (Å²) in [6.07, 6.45) is 3.46. The number of nitrogens with two attached hydrogens (primary N) is 1. The van der Waals surface area contributed by atoms with Gasteiger partial charge < -0.3 is 15.9 Å². The van der Waals surface area contributed by atoms with Crippen molar-refractivity contribution < 1.29 is 10.2 Å². The van der Waals surface area contributed by atoms with Crippen LogP contribution < -0.4 is 5.73 Å². The maximum Gasteiger partial charge on any atom is 0.120 e. The van der Waals surface area contributed by atoms with Crippen LogP contribution in [0, 0.1) is 5.92 Å². The van der Waals surface area contributed by atoms with Gasteiger partial charge in [-0.3, -0.25) is 0 Å². The van der Waals surface area contributed by atoms with E-state index in [1.165, 1.54) is 18.6 Å². The molecule has 0 aromatic heterocycles. The number of halogens is 1. The molecular weight excluding hydrogens is 214 g/mol. The summed E-state index contributed by atoms with van der Waals surface area (Å²) in [5.41, 5.74) is 6.66. The summed E-state index contributed by atoms with van der Waals surface area (Å²) >= 11 is 0. The van der Waals surface area contributed by atoms with E-state index in [2.05, 4.69) is 0 Å². The molecule has 0 bridgehead atoms. The van der Waals surface area contributed by atoms with Crippen LogP contribution in [0.4, 0.5) is 0 Å². The van der Waals surface area contributed by atoms with Crippen molar-refractivity contribution in [3.63, 3.8) is 0 Å². The molecule has 1 aromatic carbocycles. The van der Waals surface area contributed by atoms with Crippen LogP contribution in [0.1, 0.15) is 30.9 Å². The molecule has 1 fully saturated rings. The predicted molar refractivity (Wildman–Crippen MR) is 61.3 cm³/mol. The fourth-order valence-electron chi connectivity index (χ4n) is 1.86. The van der Waals surface area contributed by atoms with Gasteiger partial charge in [-0.15, -0.1) is 12.4 Å². The Morgan fingerprint density at radius 2 is 1.93 bits per heavy atom. The van der Waals surface area contributed by atoms with Gasteiger partial charge in [0, 0.05) is 11.6 Å². The largest absolute Gasteiger partial charge is 0.508 e. The van der Waals surface area contributed by atoms with E-state index in [1.807, 2.05) is 0 Å². The third kappa shape index (κ3) is 2.36. The highest BCUT2D eigenvalue weighted by atomic mass is 35.5. The first-order valence-corrected chi connectivity index (χ1v) is 4.96. The zero-order chi connectivity index (χ0) is 10.1. The highest BCUT2D eigenvalue weighted by molar-refractivity contribution is 5.85. The van der Waals surface area contributed by atoms with E-state index in [4.69, 9.17) is 5.73 Å². The Kier molecular flexibility index (Phi) is 3.83. The second-order valence-electron chi connectivity index (χ2n) is 3.96. The highest BCUT2D eigenvalue weighted by Gasteiger charge is 2.27. The van der Waals surface area contributed by atoms with Gasteiger partial charge in [0.2, 0.25) is 0 Å². The molecule has 3 nitrogen and oxygen atoms in total. The Labute approximate surface area is 95.3 Å². The van der Waals surface area contributed by atoms with Crippen LogP contribution in [-0.4, -0.2) is 10.2 Å². The predicted octanol–water partition coefficient (Wildman–Crippen LogP) is 2.32. The van der Waals surface area contributed by atoms with E-state index in [9.17, 15) is 10.2 Å². The summed E-state index contributed by atoms with van der Waals surface area (Å²) in [7, 11) is 0.